The highest BCUT2D eigenvalue weighted by Gasteiger charge is 2.38. The van der Waals surface area contributed by atoms with E-state index in [4.69, 9.17) is 9.57 Å². The van der Waals surface area contributed by atoms with E-state index in [1.165, 1.54) is 31.4 Å². The second-order valence-electron chi connectivity index (χ2n) is 9.11. The maximum atomic E-state index is 12.5. The van der Waals surface area contributed by atoms with Gasteiger partial charge in [-0.05, 0) is 55.7 Å². The Hall–Kier alpha value is -2.05. The van der Waals surface area contributed by atoms with Crippen molar-refractivity contribution in [3.05, 3.63) is 36.0 Å². The molecule has 1 aromatic carbocycles. The minimum atomic E-state index is 0.0522. The van der Waals surface area contributed by atoms with Crippen LogP contribution in [0.15, 0.2) is 36.0 Å². The van der Waals surface area contributed by atoms with Gasteiger partial charge < -0.3 is 9.64 Å². The third kappa shape index (κ3) is 4.14. The first-order valence-electron chi connectivity index (χ1n) is 11.0. The van der Waals surface area contributed by atoms with E-state index in [0.29, 0.717) is 18.0 Å². The zero-order valence-corrected chi connectivity index (χ0v) is 17.2. The summed E-state index contributed by atoms with van der Waals surface area (Å²) in [6, 6.07) is 8.89. The predicted octanol–water partition coefficient (Wildman–Crippen LogP) is 3.10. The van der Waals surface area contributed by atoms with Crippen LogP contribution in [0.4, 0.5) is 5.69 Å². The van der Waals surface area contributed by atoms with Gasteiger partial charge in [-0.25, -0.2) is 0 Å². The molecule has 2 bridgehead atoms. The number of hydrogen-bond acceptors (Lipinski definition) is 5. The standard InChI is InChI=1S/C23H31N3O3/c1-16(13-26-21-4-2-3-5-22(21)28-15-23(26)27)12-25-19-8-9-20(25)11-18(10-19)24-29-14-17-6-7-17/h2-5,10,16-17,19-20,24H,6-9,11-15H2,1H3/t16-,19?,20?/m1/s1. The number of amides is 1. The van der Waals surface area contributed by atoms with Gasteiger partial charge in [0.25, 0.3) is 5.91 Å². The molecule has 156 valence electrons. The van der Waals surface area contributed by atoms with E-state index in [-0.39, 0.29) is 12.5 Å². The van der Waals surface area contributed by atoms with Crippen molar-refractivity contribution >= 4 is 11.6 Å². The molecule has 1 N–H and O–H groups in total. The van der Waals surface area contributed by atoms with Gasteiger partial charge in [-0.3, -0.25) is 20.0 Å². The average molecular weight is 398 g/mol. The maximum absolute atomic E-state index is 12.5. The Kier molecular flexibility index (Phi) is 5.22. The van der Waals surface area contributed by atoms with E-state index >= 15 is 0 Å². The van der Waals surface area contributed by atoms with Gasteiger partial charge in [-0.15, -0.1) is 0 Å². The van der Waals surface area contributed by atoms with Gasteiger partial charge in [-0.1, -0.05) is 19.1 Å². The van der Waals surface area contributed by atoms with Crippen LogP contribution >= 0.6 is 0 Å². The highest BCUT2D eigenvalue weighted by Crippen LogP contribution is 2.36. The molecule has 0 radical (unpaired) electrons. The number of nitrogens with one attached hydrogen (secondary N) is 1. The van der Waals surface area contributed by atoms with Crippen molar-refractivity contribution in [3.8, 4) is 5.75 Å². The summed E-state index contributed by atoms with van der Waals surface area (Å²) >= 11 is 0. The number of fused-ring (bicyclic) bond motifs is 3. The summed E-state index contributed by atoms with van der Waals surface area (Å²) in [5.41, 5.74) is 5.37. The molecule has 0 aromatic heterocycles. The summed E-state index contributed by atoms with van der Waals surface area (Å²) in [5, 5.41) is 0. The van der Waals surface area contributed by atoms with Crippen LogP contribution in [0.2, 0.25) is 0 Å². The summed E-state index contributed by atoms with van der Waals surface area (Å²) < 4.78 is 5.58. The number of rotatable bonds is 8. The molecule has 4 aliphatic rings. The summed E-state index contributed by atoms with van der Waals surface area (Å²) in [7, 11) is 0. The number of carbonyl (C=O) groups is 1. The van der Waals surface area contributed by atoms with Crippen LogP contribution < -0.4 is 15.1 Å². The van der Waals surface area contributed by atoms with E-state index in [1.807, 2.05) is 29.2 Å². The first kappa shape index (κ1) is 18.9. The SMILES string of the molecule is C[C@@H](CN1C(=O)COc2ccccc21)CN1C2C=C(NOCC3CC3)CC1CC2. The fraction of sp³-hybridized carbons (Fsp3) is 0.609. The maximum Gasteiger partial charge on any atom is 0.265 e. The zero-order chi connectivity index (χ0) is 19.8. The summed E-state index contributed by atoms with van der Waals surface area (Å²) in [4.78, 5) is 22.7. The largest absolute Gasteiger partial charge is 0.482 e. The molecule has 3 aliphatic heterocycles. The normalized spacial score (nSPS) is 27.3. The van der Waals surface area contributed by atoms with Crippen molar-refractivity contribution in [2.24, 2.45) is 11.8 Å². The molecular weight excluding hydrogens is 366 g/mol. The Morgan fingerprint density at radius 1 is 1.21 bits per heavy atom. The van der Waals surface area contributed by atoms with Crippen molar-refractivity contribution in [3.63, 3.8) is 0 Å². The number of benzene rings is 1. The van der Waals surface area contributed by atoms with Crippen LogP contribution in [0.5, 0.6) is 5.75 Å². The molecular formula is C23H31N3O3. The van der Waals surface area contributed by atoms with E-state index in [1.54, 1.807) is 0 Å². The molecule has 3 heterocycles. The highest BCUT2D eigenvalue weighted by molar-refractivity contribution is 5.97. The fourth-order valence-electron chi connectivity index (χ4n) is 4.90. The lowest BCUT2D eigenvalue weighted by Crippen LogP contribution is -2.47. The van der Waals surface area contributed by atoms with Crippen molar-refractivity contribution in [2.45, 2.75) is 51.1 Å². The van der Waals surface area contributed by atoms with Gasteiger partial charge in [0.15, 0.2) is 6.61 Å². The Morgan fingerprint density at radius 3 is 2.90 bits per heavy atom. The second kappa shape index (κ2) is 8.00. The molecule has 5 rings (SSSR count). The van der Waals surface area contributed by atoms with Gasteiger partial charge in [0, 0.05) is 37.3 Å². The lowest BCUT2D eigenvalue weighted by Gasteiger charge is -2.37. The molecule has 3 atom stereocenters. The third-order valence-corrected chi connectivity index (χ3v) is 6.58. The number of anilines is 1. The van der Waals surface area contributed by atoms with Gasteiger partial charge in [-0.2, -0.15) is 0 Å². The number of ether oxygens (including phenoxy) is 1. The number of carbonyl (C=O) groups excluding carboxylic acids is 1. The van der Waals surface area contributed by atoms with Crippen LogP contribution in [0.3, 0.4) is 0 Å². The lowest BCUT2D eigenvalue weighted by molar-refractivity contribution is -0.121. The van der Waals surface area contributed by atoms with Gasteiger partial charge in [0.05, 0.1) is 12.3 Å². The first-order chi connectivity index (χ1) is 14.2. The van der Waals surface area contributed by atoms with Crippen LogP contribution in [0.25, 0.3) is 0 Å². The van der Waals surface area contributed by atoms with Crippen molar-refractivity contribution in [1.29, 1.82) is 0 Å². The molecule has 2 fully saturated rings. The Bertz CT molecular complexity index is 791. The summed E-state index contributed by atoms with van der Waals surface area (Å²) in [6.45, 7) is 4.96. The average Bonchev–Trinajstić information content (AvgIpc) is 3.51. The van der Waals surface area contributed by atoms with E-state index in [0.717, 1.165) is 43.5 Å². The quantitative estimate of drug-likeness (QED) is 0.683. The monoisotopic (exact) mass is 397 g/mol. The van der Waals surface area contributed by atoms with Gasteiger partial charge >= 0.3 is 0 Å². The zero-order valence-electron chi connectivity index (χ0n) is 17.2. The Balaban J connectivity index is 1.19. The minimum absolute atomic E-state index is 0.0522. The first-order valence-corrected chi connectivity index (χ1v) is 11.0. The van der Waals surface area contributed by atoms with Crippen LogP contribution in [-0.4, -0.2) is 49.2 Å². The fourth-order valence-corrected chi connectivity index (χ4v) is 4.90. The Morgan fingerprint density at radius 2 is 2.07 bits per heavy atom. The Labute approximate surface area is 172 Å². The molecule has 29 heavy (non-hydrogen) atoms. The molecule has 2 unspecified atom stereocenters. The summed E-state index contributed by atoms with van der Waals surface area (Å²) in [6.07, 6.45) is 8.47. The number of hydrogen-bond donors (Lipinski definition) is 1. The van der Waals surface area contributed by atoms with Crippen LogP contribution in [0, 0.1) is 11.8 Å². The number of hydroxylamine groups is 1. The highest BCUT2D eigenvalue weighted by atomic mass is 16.6. The van der Waals surface area contributed by atoms with E-state index < -0.39 is 0 Å². The minimum Gasteiger partial charge on any atom is -0.482 e. The van der Waals surface area contributed by atoms with Crippen molar-refractivity contribution in [2.75, 3.05) is 31.2 Å². The van der Waals surface area contributed by atoms with Crippen molar-refractivity contribution in [1.82, 2.24) is 10.4 Å². The molecule has 6 heteroatoms. The molecule has 1 aliphatic carbocycles. The van der Waals surface area contributed by atoms with Gasteiger partial charge in [0.1, 0.15) is 5.75 Å². The third-order valence-electron chi connectivity index (χ3n) is 6.58. The lowest BCUT2D eigenvalue weighted by atomic mass is 10.0. The van der Waals surface area contributed by atoms with E-state index in [2.05, 4.69) is 23.4 Å². The van der Waals surface area contributed by atoms with E-state index in [9.17, 15) is 4.79 Å². The molecule has 1 saturated carbocycles. The van der Waals surface area contributed by atoms with Crippen molar-refractivity contribution < 1.29 is 14.4 Å². The number of nitrogens with zero attached hydrogens (tertiary/aromatic N) is 2. The molecule has 0 spiro atoms. The van der Waals surface area contributed by atoms with Crippen LogP contribution in [0.1, 0.15) is 39.0 Å². The predicted molar refractivity (Wildman–Crippen MR) is 111 cm³/mol. The summed E-state index contributed by atoms with van der Waals surface area (Å²) in [5.74, 6) is 2.02. The topological polar surface area (TPSA) is 54.0 Å². The van der Waals surface area contributed by atoms with Crippen LogP contribution in [-0.2, 0) is 9.63 Å². The second-order valence-corrected chi connectivity index (χ2v) is 9.11. The molecule has 1 amide bonds. The molecule has 1 saturated heterocycles. The molecule has 1 aromatic rings. The smallest absolute Gasteiger partial charge is 0.265 e. The van der Waals surface area contributed by atoms with Gasteiger partial charge in [0.2, 0.25) is 0 Å². The number of para-hydroxylation sites is 2. The molecule has 6 nitrogen and oxygen atoms in total.